The molecule has 18 heavy (non-hydrogen) atoms. The lowest BCUT2D eigenvalue weighted by atomic mass is 10.1. The Morgan fingerprint density at radius 2 is 2.00 bits per heavy atom. The van der Waals surface area contributed by atoms with Gasteiger partial charge in [0.05, 0.1) is 30.9 Å². The van der Waals surface area contributed by atoms with Crippen LogP contribution in [0.1, 0.15) is 22.3 Å². The van der Waals surface area contributed by atoms with E-state index in [1.807, 2.05) is 6.07 Å². The van der Waals surface area contributed by atoms with Crippen molar-refractivity contribution in [3.8, 4) is 6.07 Å². The zero-order valence-electron chi connectivity index (χ0n) is 10.0. The Labute approximate surface area is 110 Å². The van der Waals surface area contributed by atoms with Crippen LogP contribution in [0.2, 0.25) is 0 Å². The van der Waals surface area contributed by atoms with Crippen molar-refractivity contribution in [1.82, 2.24) is 0 Å². The summed E-state index contributed by atoms with van der Waals surface area (Å²) in [6, 6.07) is 8.51. The van der Waals surface area contributed by atoms with E-state index in [1.54, 1.807) is 24.3 Å². The summed E-state index contributed by atoms with van der Waals surface area (Å²) in [4.78, 5) is 22.6. The molecule has 0 amide bonds. The molecule has 0 bridgehead atoms. The van der Waals surface area contributed by atoms with Crippen LogP contribution in [-0.2, 0) is 9.53 Å². The standard InChI is InChI=1S/C13H13NO3S/c1-17-13(16)6-7-18-9-12(15)11-4-2-10(8-14)3-5-11/h2-5H,6-7,9H2,1H3. The lowest BCUT2D eigenvalue weighted by Crippen LogP contribution is -2.05. The van der Waals surface area contributed by atoms with Crippen molar-refractivity contribution >= 4 is 23.5 Å². The number of benzene rings is 1. The maximum Gasteiger partial charge on any atom is 0.306 e. The molecular weight excluding hydrogens is 250 g/mol. The molecule has 1 aromatic rings. The van der Waals surface area contributed by atoms with E-state index in [2.05, 4.69) is 4.74 Å². The third-order valence-electron chi connectivity index (χ3n) is 2.25. The first-order valence-electron chi connectivity index (χ1n) is 5.35. The largest absolute Gasteiger partial charge is 0.469 e. The number of Topliss-reactive ketones (excluding diaryl/α,β-unsaturated/α-hetero) is 1. The summed E-state index contributed by atoms with van der Waals surface area (Å²) < 4.78 is 4.50. The minimum atomic E-state index is -0.270. The molecular formula is C13H13NO3S. The molecule has 0 unspecified atom stereocenters. The molecule has 0 saturated heterocycles. The van der Waals surface area contributed by atoms with Crippen molar-refractivity contribution in [3.63, 3.8) is 0 Å². The number of methoxy groups -OCH3 is 1. The van der Waals surface area contributed by atoms with Crippen molar-refractivity contribution in [1.29, 1.82) is 5.26 Å². The summed E-state index contributed by atoms with van der Waals surface area (Å²) in [5.41, 5.74) is 1.12. The SMILES string of the molecule is COC(=O)CCSCC(=O)c1ccc(C#N)cc1. The Balaban J connectivity index is 2.36. The Morgan fingerprint density at radius 3 is 2.56 bits per heavy atom. The molecule has 0 radical (unpaired) electrons. The van der Waals surface area contributed by atoms with Crippen LogP contribution in [0.25, 0.3) is 0 Å². The van der Waals surface area contributed by atoms with Crippen LogP contribution < -0.4 is 0 Å². The molecule has 0 atom stereocenters. The highest BCUT2D eigenvalue weighted by atomic mass is 32.2. The predicted molar refractivity (Wildman–Crippen MR) is 69.4 cm³/mol. The third-order valence-corrected chi connectivity index (χ3v) is 3.21. The molecule has 0 aliphatic carbocycles. The first-order valence-corrected chi connectivity index (χ1v) is 6.50. The zero-order valence-corrected chi connectivity index (χ0v) is 10.8. The van der Waals surface area contributed by atoms with Crippen molar-refractivity contribution in [2.75, 3.05) is 18.6 Å². The molecule has 0 heterocycles. The van der Waals surface area contributed by atoms with Crippen LogP contribution in [0, 0.1) is 11.3 Å². The molecule has 0 fully saturated rings. The van der Waals surface area contributed by atoms with Crippen molar-refractivity contribution in [3.05, 3.63) is 35.4 Å². The number of ketones is 1. The average molecular weight is 263 g/mol. The van der Waals surface area contributed by atoms with Crippen LogP contribution in [0.15, 0.2) is 24.3 Å². The Kier molecular flexibility index (Phi) is 5.95. The first-order chi connectivity index (χ1) is 8.67. The van der Waals surface area contributed by atoms with E-state index in [4.69, 9.17) is 5.26 Å². The van der Waals surface area contributed by atoms with Gasteiger partial charge in [-0.15, -0.1) is 0 Å². The fourth-order valence-electron chi connectivity index (χ4n) is 1.24. The van der Waals surface area contributed by atoms with Gasteiger partial charge in [-0.25, -0.2) is 0 Å². The van der Waals surface area contributed by atoms with Gasteiger partial charge >= 0.3 is 5.97 Å². The molecule has 0 aliphatic rings. The van der Waals surface area contributed by atoms with E-state index in [0.29, 0.717) is 29.1 Å². The summed E-state index contributed by atoms with van der Waals surface area (Å²) >= 11 is 1.39. The summed E-state index contributed by atoms with van der Waals surface area (Å²) in [5.74, 6) is 0.611. The molecule has 0 saturated carbocycles. The molecule has 94 valence electrons. The van der Waals surface area contributed by atoms with Crippen LogP contribution in [0.5, 0.6) is 0 Å². The molecule has 0 spiro atoms. The number of hydrogen-bond acceptors (Lipinski definition) is 5. The minimum Gasteiger partial charge on any atom is -0.469 e. The summed E-state index contributed by atoms with van der Waals surface area (Å²) in [6.07, 6.45) is 0.307. The summed E-state index contributed by atoms with van der Waals surface area (Å²) in [6.45, 7) is 0. The van der Waals surface area contributed by atoms with Gasteiger partial charge in [0.1, 0.15) is 0 Å². The zero-order chi connectivity index (χ0) is 13.4. The molecule has 5 heteroatoms. The number of nitrogens with zero attached hydrogens (tertiary/aromatic N) is 1. The van der Waals surface area contributed by atoms with Gasteiger partial charge in [-0.3, -0.25) is 9.59 Å². The summed E-state index contributed by atoms with van der Waals surface area (Å²) in [7, 11) is 1.34. The van der Waals surface area contributed by atoms with E-state index < -0.39 is 0 Å². The fourth-order valence-corrected chi connectivity index (χ4v) is 2.04. The number of carbonyl (C=O) groups is 2. The van der Waals surface area contributed by atoms with Crippen molar-refractivity contribution in [2.24, 2.45) is 0 Å². The Bertz CT molecular complexity index is 462. The lowest BCUT2D eigenvalue weighted by molar-refractivity contribution is -0.140. The maximum atomic E-state index is 11.7. The quantitative estimate of drug-likeness (QED) is 0.446. The Morgan fingerprint density at radius 1 is 1.33 bits per heavy atom. The maximum absolute atomic E-state index is 11.7. The lowest BCUT2D eigenvalue weighted by Gasteiger charge is -2.01. The first kappa shape index (κ1) is 14.3. The van der Waals surface area contributed by atoms with Gasteiger partial charge in [-0.05, 0) is 12.1 Å². The number of carbonyl (C=O) groups excluding carboxylic acids is 2. The van der Waals surface area contributed by atoms with Crippen LogP contribution >= 0.6 is 11.8 Å². The fraction of sp³-hybridized carbons (Fsp3) is 0.308. The second-order valence-corrected chi connectivity index (χ2v) is 4.60. The van der Waals surface area contributed by atoms with E-state index in [1.165, 1.54) is 18.9 Å². The normalized spacial score (nSPS) is 9.56. The predicted octanol–water partition coefficient (Wildman–Crippen LogP) is 2.04. The van der Waals surface area contributed by atoms with Gasteiger partial charge in [0.15, 0.2) is 5.78 Å². The molecule has 1 rings (SSSR count). The third kappa shape index (κ3) is 4.60. The smallest absolute Gasteiger partial charge is 0.306 e. The molecule has 1 aromatic carbocycles. The molecule has 0 N–H and O–H groups in total. The molecule has 0 aliphatic heterocycles. The topological polar surface area (TPSA) is 67.2 Å². The van der Waals surface area contributed by atoms with Gasteiger partial charge in [-0.2, -0.15) is 17.0 Å². The highest BCUT2D eigenvalue weighted by molar-refractivity contribution is 8.00. The van der Waals surface area contributed by atoms with Crippen LogP contribution in [0.4, 0.5) is 0 Å². The number of nitriles is 1. The minimum absolute atomic E-state index is 0.00523. The van der Waals surface area contributed by atoms with Crippen molar-refractivity contribution in [2.45, 2.75) is 6.42 Å². The van der Waals surface area contributed by atoms with E-state index >= 15 is 0 Å². The van der Waals surface area contributed by atoms with Gasteiger partial charge in [0.2, 0.25) is 0 Å². The van der Waals surface area contributed by atoms with Crippen LogP contribution in [-0.4, -0.2) is 30.4 Å². The second kappa shape index (κ2) is 7.51. The highest BCUT2D eigenvalue weighted by Gasteiger charge is 2.07. The molecule has 4 nitrogen and oxygen atoms in total. The van der Waals surface area contributed by atoms with Crippen LogP contribution in [0.3, 0.4) is 0 Å². The molecule has 0 aromatic heterocycles. The highest BCUT2D eigenvalue weighted by Crippen LogP contribution is 2.10. The van der Waals surface area contributed by atoms with Gasteiger partial charge in [0.25, 0.3) is 0 Å². The van der Waals surface area contributed by atoms with E-state index in [-0.39, 0.29) is 11.8 Å². The number of rotatable bonds is 6. The number of esters is 1. The summed E-state index contributed by atoms with van der Waals surface area (Å²) in [5, 5.41) is 8.63. The van der Waals surface area contributed by atoms with E-state index in [9.17, 15) is 9.59 Å². The monoisotopic (exact) mass is 263 g/mol. The second-order valence-electron chi connectivity index (χ2n) is 3.49. The van der Waals surface area contributed by atoms with E-state index in [0.717, 1.165) is 0 Å². The Hall–Kier alpha value is -1.80. The van der Waals surface area contributed by atoms with Gasteiger partial charge in [-0.1, -0.05) is 12.1 Å². The van der Waals surface area contributed by atoms with Gasteiger partial charge in [0, 0.05) is 11.3 Å². The number of ether oxygens (including phenoxy) is 1. The number of thioether (sulfide) groups is 1. The average Bonchev–Trinajstić information content (AvgIpc) is 2.43. The van der Waals surface area contributed by atoms with Gasteiger partial charge < -0.3 is 4.74 Å². The number of hydrogen-bond donors (Lipinski definition) is 0. The van der Waals surface area contributed by atoms with Crippen molar-refractivity contribution < 1.29 is 14.3 Å².